The van der Waals surface area contributed by atoms with Gasteiger partial charge in [0.2, 0.25) is 0 Å². The second-order valence-corrected chi connectivity index (χ2v) is 5.70. The second kappa shape index (κ2) is 5.74. The number of rotatable bonds is 3. The quantitative estimate of drug-likeness (QED) is 0.847. The minimum atomic E-state index is -0.282. The van der Waals surface area contributed by atoms with Crippen LogP contribution in [0.5, 0.6) is 0 Å². The Labute approximate surface area is 124 Å². The molecular formula is C13H9Cl2NO2S. The second-order valence-electron chi connectivity index (χ2n) is 3.80. The first-order valence-electron chi connectivity index (χ1n) is 5.34. The number of carbonyl (C=O) groups excluding carboxylic acids is 2. The minimum absolute atomic E-state index is 0.0569. The van der Waals surface area contributed by atoms with E-state index >= 15 is 0 Å². The molecule has 0 aliphatic rings. The van der Waals surface area contributed by atoms with Crippen molar-refractivity contribution in [2.75, 3.05) is 5.32 Å². The fraction of sp³-hybridized carbons (Fsp3) is 0.0769. The monoisotopic (exact) mass is 313 g/mol. The lowest BCUT2D eigenvalue weighted by atomic mass is 10.3. The van der Waals surface area contributed by atoms with Crippen LogP contribution in [0.3, 0.4) is 0 Å². The first-order chi connectivity index (χ1) is 8.97. The number of hydrogen-bond donors (Lipinski definition) is 1. The van der Waals surface area contributed by atoms with Crippen LogP contribution in [0.15, 0.2) is 30.3 Å². The summed E-state index contributed by atoms with van der Waals surface area (Å²) in [7, 11) is 0. The van der Waals surface area contributed by atoms with Gasteiger partial charge in [-0.05, 0) is 37.3 Å². The van der Waals surface area contributed by atoms with Crippen LogP contribution in [0.25, 0.3) is 0 Å². The number of carbonyl (C=O) groups is 2. The lowest BCUT2D eigenvalue weighted by molar-refractivity contribution is 0.101. The third kappa shape index (κ3) is 3.35. The van der Waals surface area contributed by atoms with E-state index in [1.807, 2.05) is 0 Å². The molecule has 0 radical (unpaired) electrons. The molecule has 1 heterocycles. The summed E-state index contributed by atoms with van der Waals surface area (Å²) >= 11 is 12.8. The molecule has 1 N–H and O–H groups in total. The van der Waals surface area contributed by atoms with Gasteiger partial charge in [0, 0.05) is 5.69 Å². The summed E-state index contributed by atoms with van der Waals surface area (Å²) in [5.41, 5.74) is 0.553. The van der Waals surface area contributed by atoms with Gasteiger partial charge in [0.1, 0.15) is 0 Å². The zero-order valence-electron chi connectivity index (χ0n) is 9.87. The van der Waals surface area contributed by atoms with Crippen LogP contribution in [-0.2, 0) is 0 Å². The molecule has 19 heavy (non-hydrogen) atoms. The van der Waals surface area contributed by atoms with Crippen LogP contribution in [0.1, 0.15) is 26.3 Å². The average Bonchev–Trinajstić information content (AvgIpc) is 2.83. The van der Waals surface area contributed by atoms with Crippen molar-refractivity contribution in [2.45, 2.75) is 6.92 Å². The Morgan fingerprint density at radius 2 is 1.74 bits per heavy atom. The summed E-state index contributed by atoms with van der Waals surface area (Å²) in [4.78, 5) is 24.2. The van der Waals surface area contributed by atoms with Crippen LogP contribution in [0.4, 0.5) is 5.69 Å². The van der Waals surface area contributed by atoms with Crippen molar-refractivity contribution in [1.29, 1.82) is 0 Å². The highest BCUT2D eigenvalue weighted by Gasteiger charge is 2.12. The smallest absolute Gasteiger partial charge is 0.265 e. The Morgan fingerprint density at radius 1 is 1.05 bits per heavy atom. The SMILES string of the molecule is CC(=O)c1ccc(C(=O)Nc2ccc(Cl)c(Cl)c2)s1. The van der Waals surface area contributed by atoms with E-state index < -0.39 is 0 Å². The normalized spacial score (nSPS) is 10.3. The van der Waals surface area contributed by atoms with Gasteiger partial charge in [-0.15, -0.1) is 11.3 Å². The Bertz CT molecular complexity index is 652. The van der Waals surface area contributed by atoms with Gasteiger partial charge in [-0.1, -0.05) is 23.2 Å². The lowest BCUT2D eigenvalue weighted by Gasteiger charge is -2.04. The van der Waals surface area contributed by atoms with Gasteiger partial charge in [0.15, 0.2) is 5.78 Å². The van der Waals surface area contributed by atoms with Crippen molar-refractivity contribution in [3.63, 3.8) is 0 Å². The average molecular weight is 314 g/mol. The number of benzene rings is 1. The standard InChI is InChI=1S/C13H9Cl2NO2S/c1-7(17)11-4-5-12(19-11)13(18)16-8-2-3-9(14)10(15)6-8/h2-6H,1H3,(H,16,18). The third-order valence-corrected chi connectivity index (χ3v) is 4.28. The highest BCUT2D eigenvalue weighted by molar-refractivity contribution is 7.16. The maximum Gasteiger partial charge on any atom is 0.265 e. The van der Waals surface area contributed by atoms with Gasteiger partial charge in [-0.2, -0.15) is 0 Å². The minimum Gasteiger partial charge on any atom is -0.321 e. The van der Waals surface area contributed by atoms with E-state index in [0.717, 1.165) is 11.3 Å². The van der Waals surface area contributed by atoms with E-state index in [9.17, 15) is 9.59 Å². The largest absolute Gasteiger partial charge is 0.321 e. The Balaban J connectivity index is 2.15. The first kappa shape index (κ1) is 14.1. The molecule has 0 saturated carbocycles. The molecule has 0 aliphatic heterocycles. The summed E-state index contributed by atoms with van der Waals surface area (Å²) in [5.74, 6) is -0.338. The number of hydrogen-bond acceptors (Lipinski definition) is 3. The van der Waals surface area contributed by atoms with Crippen LogP contribution in [0, 0.1) is 0 Å². The molecule has 2 rings (SSSR count). The highest BCUT2D eigenvalue weighted by atomic mass is 35.5. The number of ketones is 1. The van der Waals surface area contributed by atoms with Gasteiger partial charge in [0.25, 0.3) is 5.91 Å². The fourth-order valence-electron chi connectivity index (χ4n) is 1.42. The van der Waals surface area contributed by atoms with Crippen molar-refractivity contribution in [1.82, 2.24) is 0 Å². The van der Waals surface area contributed by atoms with Gasteiger partial charge in [0.05, 0.1) is 19.8 Å². The zero-order valence-corrected chi connectivity index (χ0v) is 12.2. The molecule has 3 nitrogen and oxygen atoms in total. The van der Waals surface area contributed by atoms with Crippen molar-refractivity contribution >= 4 is 51.9 Å². The Hall–Kier alpha value is -1.36. The number of nitrogens with one attached hydrogen (secondary N) is 1. The zero-order chi connectivity index (χ0) is 14.0. The van der Waals surface area contributed by atoms with Crippen LogP contribution in [0.2, 0.25) is 10.0 Å². The first-order valence-corrected chi connectivity index (χ1v) is 6.92. The third-order valence-electron chi connectivity index (χ3n) is 2.35. The van der Waals surface area contributed by atoms with Crippen molar-refractivity contribution in [3.8, 4) is 0 Å². The van der Waals surface area contributed by atoms with E-state index in [0.29, 0.717) is 25.5 Å². The molecule has 0 saturated heterocycles. The topological polar surface area (TPSA) is 46.2 Å². The molecule has 0 fully saturated rings. The summed E-state index contributed by atoms with van der Waals surface area (Å²) in [6.45, 7) is 1.46. The highest BCUT2D eigenvalue weighted by Crippen LogP contribution is 2.26. The van der Waals surface area contributed by atoms with Crippen molar-refractivity contribution in [3.05, 3.63) is 50.1 Å². The number of halogens is 2. The van der Waals surface area contributed by atoms with Gasteiger partial charge in [-0.3, -0.25) is 9.59 Å². The van der Waals surface area contributed by atoms with Crippen molar-refractivity contribution < 1.29 is 9.59 Å². The number of amides is 1. The molecule has 0 unspecified atom stereocenters. The Kier molecular flexibility index (Phi) is 4.24. The van der Waals surface area contributed by atoms with Crippen molar-refractivity contribution in [2.24, 2.45) is 0 Å². The molecule has 6 heteroatoms. The van der Waals surface area contributed by atoms with E-state index in [1.54, 1.807) is 30.3 Å². The van der Waals surface area contributed by atoms with E-state index in [4.69, 9.17) is 23.2 Å². The predicted molar refractivity (Wildman–Crippen MR) is 78.7 cm³/mol. The predicted octanol–water partition coefficient (Wildman–Crippen LogP) is 4.51. The molecule has 0 spiro atoms. The fourth-order valence-corrected chi connectivity index (χ4v) is 2.51. The van der Waals surface area contributed by atoms with Crippen LogP contribution >= 0.6 is 34.5 Å². The summed E-state index contributed by atoms with van der Waals surface area (Å²) in [5, 5.41) is 3.49. The van der Waals surface area contributed by atoms with Crippen LogP contribution < -0.4 is 5.32 Å². The maximum atomic E-state index is 12.0. The number of Topliss-reactive ketones (excluding diaryl/α,β-unsaturated/α-hetero) is 1. The maximum absolute atomic E-state index is 12.0. The molecular weight excluding hydrogens is 305 g/mol. The molecule has 0 atom stereocenters. The molecule has 1 amide bonds. The van der Waals surface area contributed by atoms with E-state index in [2.05, 4.69) is 5.32 Å². The molecule has 1 aromatic carbocycles. The van der Waals surface area contributed by atoms with E-state index in [1.165, 1.54) is 6.92 Å². The van der Waals surface area contributed by atoms with Gasteiger partial charge >= 0.3 is 0 Å². The summed E-state index contributed by atoms with van der Waals surface area (Å²) in [6.07, 6.45) is 0. The molecule has 2 aromatic rings. The Morgan fingerprint density at radius 3 is 2.32 bits per heavy atom. The van der Waals surface area contributed by atoms with E-state index in [-0.39, 0.29) is 11.7 Å². The number of anilines is 1. The molecule has 0 bridgehead atoms. The summed E-state index contributed by atoms with van der Waals surface area (Å²) < 4.78 is 0. The number of thiophene rings is 1. The molecule has 98 valence electrons. The van der Waals surface area contributed by atoms with Crippen LogP contribution in [-0.4, -0.2) is 11.7 Å². The van der Waals surface area contributed by atoms with Gasteiger partial charge < -0.3 is 5.32 Å². The summed E-state index contributed by atoms with van der Waals surface area (Å²) in [6, 6.07) is 8.09. The lowest BCUT2D eigenvalue weighted by Crippen LogP contribution is -2.09. The molecule has 1 aromatic heterocycles. The molecule has 0 aliphatic carbocycles. The van der Waals surface area contributed by atoms with Gasteiger partial charge in [-0.25, -0.2) is 0 Å².